The zero-order valence-electron chi connectivity index (χ0n) is 92.6. The van der Waals surface area contributed by atoms with Crippen LogP contribution in [0.4, 0.5) is 0 Å². The van der Waals surface area contributed by atoms with Crippen LogP contribution in [-0.2, 0) is 0 Å². The van der Waals surface area contributed by atoms with Crippen molar-refractivity contribution >= 4 is 0 Å². The first-order valence-electron chi connectivity index (χ1n) is 63.7. The van der Waals surface area contributed by atoms with Crippen LogP contribution in [0.15, 0.2) is 0 Å². The van der Waals surface area contributed by atoms with Crippen LogP contribution in [0.2, 0.25) is 0 Å². The van der Waals surface area contributed by atoms with Crippen LogP contribution in [0, 0.1) is 0 Å². The maximum Gasteiger partial charge on any atom is 0.128 e. The Kier molecular flexibility index (Phi) is 113. The number of quaternary nitrogens is 1. The zero-order chi connectivity index (χ0) is 94.4. The van der Waals surface area contributed by atoms with Crippen molar-refractivity contribution in [3.8, 4) is 0 Å². The minimum atomic E-state index is -0.818. The fraction of sp³-hybridized carbons (Fsp3) is 1.00. The van der Waals surface area contributed by atoms with Crippen molar-refractivity contribution < 1.29 is 19.8 Å². The third-order valence-corrected chi connectivity index (χ3v) is 32.9. The Hall–Kier alpha value is -0.160. The van der Waals surface area contributed by atoms with Crippen molar-refractivity contribution in [3.05, 3.63) is 0 Å². The largest absolute Gasteiger partial charge is 0.391 e. The lowest BCUT2D eigenvalue weighted by Crippen LogP contribution is -2.74. The lowest BCUT2D eigenvalue weighted by molar-refractivity contribution is -0.969. The summed E-state index contributed by atoms with van der Waals surface area (Å²) in [5.41, 5.74) is -1.20. The molecule has 0 saturated carbocycles. The zero-order valence-corrected chi connectivity index (χ0v) is 92.6. The van der Waals surface area contributed by atoms with Crippen molar-refractivity contribution in [3.63, 3.8) is 0 Å². The summed E-state index contributed by atoms with van der Waals surface area (Å²) in [6.07, 6.45) is 163. The van der Waals surface area contributed by atoms with Crippen molar-refractivity contribution in [2.75, 3.05) is 33.4 Å². The Morgan fingerprint density at radius 1 is 0.130 bits per heavy atom. The third kappa shape index (κ3) is 94.5. The maximum atomic E-state index is 14.3. The van der Waals surface area contributed by atoms with Gasteiger partial charge in [-0.25, -0.2) is 0 Å². The van der Waals surface area contributed by atoms with Crippen molar-refractivity contribution in [1.82, 2.24) is 0 Å². The van der Waals surface area contributed by atoms with Gasteiger partial charge in [-0.05, 0) is 25.7 Å². The highest BCUT2D eigenvalue weighted by Crippen LogP contribution is 2.48. The van der Waals surface area contributed by atoms with Gasteiger partial charge >= 0.3 is 0 Å². The fourth-order valence-electron chi connectivity index (χ4n) is 23.6. The molecule has 4 nitrogen and oxygen atoms in total. The quantitative estimate of drug-likeness (QED) is 0.0420. The van der Waals surface area contributed by atoms with E-state index in [0.29, 0.717) is 17.6 Å². The van der Waals surface area contributed by atoms with Gasteiger partial charge in [-0.3, -0.25) is 0 Å². The molecule has 0 spiro atoms. The highest BCUT2D eigenvalue weighted by atomic mass is 16.3. The third-order valence-electron chi connectivity index (χ3n) is 32.9. The van der Waals surface area contributed by atoms with Gasteiger partial charge in [0.1, 0.15) is 24.2 Å². The van der Waals surface area contributed by atoms with E-state index in [1.807, 2.05) is 0 Å². The van der Waals surface area contributed by atoms with Gasteiger partial charge in [0, 0.05) is 12.8 Å². The van der Waals surface area contributed by atoms with Gasteiger partial charge in [0.25, 0.3) is 0 Å². The van der Waals surface area contributed by atoms with Gasteiger partial charge < -0.3 is 19.8 Å². The van der Waals surface area contributed by atoms with Crippen molar-refractivity contribution in [2.24, 2.45) is 0 Å². The van der Waals surface area contributed by atoms with E-state index in [1.54, 1.807) is 0 Å². The smallest absolute Gasteiger partial charge is 0.128 e. The summed E-state index contributed by atoms with van der Waals surface area (Å²) >= 11 is 0. The molecule has 0 aromatic rings. The Morgan fingerprint density at radius 3 is 0.305 bits per heavy atom. The number of unbranched alkanes of at least 4 members (excludes halogenated alkanes) is 108. The molecule has 0 radical (unpaired) electrons. The van der Waals surface area contributed by atoms with Gasteiger partial charge in [-0.1, -0.05) is 734 Å². The molecule has 0 heterocycles. The van der Waals surface area contributed by atoms with E-state index in [9.17, 15) is 15.3 Å². The van der Waals surface area contributed by atoms with Crippen LogP contribution in [0.1, 0.15) is 773 Å². The van der Waals surface area contributed by atoms with Gasteiger partial charge in [0.15, 0.2) is 0 Å². The summed E-state index contributed by atoms with van der Waals surface area (Å²) in [5.74, 6) is 0. The summed E-state index contributed by atoms with van der Waals surface area (Å²) in [5, 5.41) is 36.7. The highest BCUT2D eigenvalue weighted by molar-refractivity contribution is 5.02. The minimum absolute atomic E-state index is 0.118. The monoisotopic (exact) mass is 1850 g/mol. The first-order chi connectivity index (χ1) is 64.9. The summed E-state index contributed by atoms with van der Waals surface area (Å²) in [4.78, 5) is 0. The maximum absolute atomic E-state index is 14.3. The van der Waals surface area contributed by atoms with Crippen molar-refractivity contribution in [1.29, 1.82) is 0 Å². The predicted octanol–water partition coefficient (Wildman–Crippen LogP) is 45.2. The standard InChI is InChI=1S/C127H258NO3/c1-6-10-14-18-22-26-30-34-38-42-46-50-54-58-62-66-70-74-78-82-86-90-94-98-102-106-110-114-118-126(128(5,122-124-129)123-125-130,119-115-111-107-103-99-95-91-87-83-79-75-71-67-63-59-55-51-47-43-39-35-31-27-23-19-15-11-7-2)127(131,120-116-112-108-104-100-96-92-88-84-80-76-72-68-64-60-56-52-48-44-40-36-32-28-24-20-16-12-8-3)121-117-113-109-105-101-97-93-89-85-81-77-73-69-65-61-57-53-49-45-41-37-33-29-25-21-17-13-9-4/h129-131H,6-125H2,1-5H3/q+1. The molecule has 0 rings (SSSR count). The number of aliphatic hydroxyl groups excluding tert-OH is 2. The summed E-state index contributed by atoms with van der Waals surface area (Å²) in [7, 11) is 2.39. The normalized spacial score (nSPS) is 12.3. The van der Waals surface area contributed by atoms with Gasteiger partial charge in [0.2, 0.25) is 0 Å². The molecule has 0 aliphatic heterocycles. The van der Waals surface area contributed by atoms with Crippen LogP contribution in [0.3, 0.4) is 0 Å². The van der Waals surface area contributed by atoms with Crippen molar-refractivity contribution in [2.45, 2.75) is 784 Å². The number of rotatable bonds is 122. The summed E-state index contributed by atoms with van der Waals surface area (Å²) < 4.78 is 0.620. The molecule has 0 amide bonds. The van der Waals surface area contributed by atoms with E-state index in [-0.39, 0.29) is 18.8 Å². The van der Waals surface area contributed by atoms with E-state index in [0.717, 1.165) is 51.4 Å². The topological polar surface area (TPSA) is 60.7 Å². The average Bonchev–Trinajstić information content (AvgIpc) is 0.733. The minimum Gasteiger partial charge on any atom is -0.391 e. The summed E-state index contributed by atoms with van der Waals surface area (Å²) in [6, 6.07) is 0. The molecule has 0 atom stereocenters. The molecular weight excluding hydrogens is 1590 g/mol. The molecule has 0 saturated heterocycles. The number of likely N-dealkylation sites (N-methyl/N-ethyl adjacent to an activating group) is 1. The molecule has 0 aromatic carbocycles. The molecule has 788 valence electrons. The number of hydrogen-bond acceptors (Lipinski definition) is 3. The molecule has 0 aromatic heterocycles. The predicted molar refractivity (Wildman–Crippen MR) is 596 cm³/mol. The molecule has 0 aliphatic rings. The second-order valence-electron chi connectivity index (χ2n) is 45.5. The molecule has 4 heteroatoms. The molecule has 131 heavy (non-hydrogen) atoms. The Bertz CT molecular complexity index is 1860. The first kappa shape index (κ1) is 131. The number of hydrogen-bond donors (Lipinski definition) is 3. The molecule has 0 fully saturated rings. The lowest BCUT2D eigenvalue weighted by Gasteiger charge is -2.59. The summed E-state index contributed by atoms with van der Waals surface area (Å²) in [6.45, 7) is 10.8. The van der Waals surface area contributed by atoms with E-state index in [2.05, 4.69) is 34.7 Å². The number of aliphatic hydroxyl groups is 3. The Balaban J connectivity index is 5.69. The van der Waals surface area contributed by atoms with E-state index < -0.39 is 5.60 Å². The Labute approximate surface area is 831 Å². The van der Waals surface area contributed by atoms with Crippen LogP contribution in [0.5, 0.6) is 0 Å². The fourth-order valence-corrected chi connectivity index (χ4v) is 23.6. The molecule has 0 bridgehead atoms. The molecule has 0 unspecified atom stereocenters. The van der Waals surface area contributed by atoms with Gasteiger partial charge in [0.05, 0.1) is 20.3 Å². The Morgan fingerprint density at radius 2 is 0.214 bits per heavy atom. The lowest BCUT2D eigenvalue weighted by atomic mass is 9.65. The second kappa shape index (κ2) is 113. The molecule has 0 aliphatic carbocycles. The highest BCUT2D eigenvalue weighted by Gasteiger charge is 2.60. The number of nitrogens with zero attached hydrogens (tertiary/aromatic N) is 1. The second-order valence-corrected chi connectivity index (χ2v) is 45.5. The molecular formula is C127H258NO3+. The van der Waals surface area contributed by atoms with E-state index in [1.165, 1.54) is 693 Å². The van der Waals surface area contributed by atoms with E-state index in [4.69, 9.17) is 0 Å². The SMILES string of the molecule is CCCCCCCCCCCCCCCCCCCCCCCCCCCCCCC(O)(CCCCCCCCCCCCCCCCCCCCCCCCCCCCCC)C(CCCCCCCCCCCCCCCCCCCCCCCCCCCCCC)(CCCCCCCCCCCCCCCCCCCCCCCCCCCCCC)[N+](C)(CCO)CCO. The van der Waals surface area contributed by atoms with Gasteiger partial charge in [-0.2, -0.15) is 0 Å². The average molecular weight is 1850 g/mol. The van der Waals surface area contributed by atoms with E-state index >= 15 is 0 Å². The van der Waals surface area contributed by atoms with Crippen LogP contribution >= 0.6 is 0 Å². The van der Waals surface area contributed by atoms with Gasteiger partial charge in [-0.15, -0.1) is 0 Å². The van der Waals surface area contributed by atoms with Crippen LogP contribution < -0.4 is 0 Å². The van der Waals surface area contributed by atoms with Crippen LogP contribution in [0.25, 0.3) is 0 Å². The van der Waals surface area contributed by atoms with Crippen LogP contribution in [-0.4, -0.2) is 64.3 Å². The molecule has 3 N–H and O–H groups in total. The first-order valence-corrected chi connectivity index (χ1v) is 63.7.